The highest BCUT2D eigenvalue weighted by molar-refractivity contribution is 8.33. The molecular formula is C18H29NS. The first-order chi connectivity index (χ1) is 9.31. The Kier molecular flexibility index (Phi) is 4.24. The predicted octanol–water partition coefficient (Wildman–Crippen LogP) is 5.74. The van der Waals surface area contributed by atoms with E-state index in [0.717, 1.165) is 0 Å². The molecule has 1 aromatic heterocycles. The third-order valence-corrected chi connectivity index (χ3v) is 9.95. The summed E-state index contributed by atoms with van der Waals surface area (Å²) in [6.07, 6.45) is 2.33. The molecule has 0 aliphatic heterocycles. The summed E-state index contributed by atoms with van der Waals surface area (Å²) in [7, 11) is -0.904. The van der Waals surface area contributed by atoms with Crippen LogP contribution in [0.3, 0.4) is 0 Å². The zero-order valence-electron chi connectivity index (χ0n) is 14.0. The highest BCUT2D eigenvalue weighted by Crippen LogP contribution is 2.62. The Morgan fingerprint density at radius 3 is 1.90 bits per heavy atom. The number of rotatable bonds is 4. The molecule has 0 spiro atoms. The molecule has 20 heavy (non-hydrogen) atoms. The molecule has 2 heteroatoms. The maximum absolute atomic E-state index is 2.63. The maximum Gasteiger partial charge on any atom is 0.0574 e. The van der Waals surface area contributed by atoms with Gasteiger partial charge < -0.3 is 3.97 Å². The monoisotopic (exact) mass is 291 g/mol. The van der Waals surface area contributed by atoms with Crippen LogP contribution in [-0.2, 0) is 0 Å². The molecule has 2 aromatic rings. The average molecular weight is 292 g/mol. The third kappa shape index (κ3) is 2.18. The zero-order chi connectivity index (χ0) is 15.1. The molecule has 0 radical (unpaired) electrons. The lowest BCUT2D eigenvalue weighted by Crippen LogP contribution is -2.33. The molecule has 1 nitrogen and oxygen atoms in total. The minimum Gasteiger partial charge on any atom is -0.309 e. The Balaban J connectivity index is 2.75. The molecule has 1 heterocycles. The van der Waals surface area contributed by atoms with Gasteiger partial charge in [0.15, 0.2) is 0 Å². The first-order valence-corrected chi connectivity index (χ1v) is 9.47. The molecule has 0 aliphatic rings. The number of hydrogen-bond donors (Lipinski definition) is 0. The van der Waals surface area contributed by atoms with Crippen molar-refractivity contribution >= 4 is 21.1 Å². The summed E-state index contributed by atoms with van der Waals surface area (Å²) >= 11 is 0. The Labute approximate surface area is 125 Å². The Hall–Kier alpha value is -0.890. The van der Waals surface area contributed by atoms with E-state index in [0.29, 0.717) is 15.7 Å². The minimum absolute atomic E-state index is 0.680. The molecular weight excluding hydrogens is 262 g/mol. The lowest BCUT2D eigenvalue weighted by atomic mass is 10.2. The van der Waals surface area contributed by atoms with Crippen LogP contribution in [-0.4, -0.2) is 19.7 Å². The van der Waals surface area contributed by atoms with Crippen LogP contribution < -0.4 is 0 Å². The predicted molar refractivity (Wildman–Crippen MR) is 95.1 cm³/mol. The summed E-state index contributed by atoms with van der Waals surface area (Å²) in [5.41, 5.74) is 2.75. The van der Waals surface area contributed by atoms with E-state index in [-0.39, 0.29) is 0 Å². The van der Waals surface area contributed by atoms with E-state index in [4.69, 9.17) is 0 Å². The number of benzene rings is 1. The molecule has 0 amide bonds. The zero-order valence-corrected chi connectivity index (χ0v) is 14.8. The molecule has 0 bridgehead atoms. The van der Waals surface area contributed by atoms with Crippen molar-refractivity contribution in [3.8, 4) is 0 Å². The SMILES string of the molecule is Cc1ccc2c(ccn2S(C(C)C)(C(C)C)C(C)C)c1. The molecule has 0 aliphatic carbocycles. The molecule has 2 rings (SSSR count). The van der Waals surface area contributed by atoms with E-state index >= 15 is 0 Å². The quantitative estimate of drug-likeness (QED) is 0.676. The van der Waals surface area contributed by atoms with Crippen LogP contribution in [0.15, 0.2) is 30.5 Å². The van der Waals surface area contributed by atoms with Gasteiger partial charge >= 0.3 is 0 Å². The second-order valence-electron chi connectivity index (χ2n) is 6.57. The van der Waals surface area contributed by atoms with E-state index in [1.54, 1.807) is 0 Å². The smallest absolute Gasteiger partial charge is 0.0574 e. The lowest BCUT2D eigenvalue weighted by molar-refractivity contribution is 0.915. The first-order valence-electron chi connectivity index (χ1n) is 7.70. The van der Waals surface area contributed by atoms with Crippen molar-refractivity contribution in [2.24, 2.45) is 0 Å². The standard InChI is InChI=1S/C18H29NS/c1-13(2)20(14(3)4,15(5)6)19-11-10-17-12-16(7)8-9-18(17)19/h8-15H,1-7H3. The average Bonchev–Trinajstić information content (AvgIpc) is 2.72. The van der Waals surface area contributed by atoms with Crippen molar-refractivity contribution < 1.29 is 0 Å². The fourth-order valence-corrected chi connectivity index (χ4v) is 9.23. The molecule has 0 saturated carbocycles. The van der Waals surface area contributed by atoms with Crippen molar-refractivity contribution in [2.75, 3.05) is 0 Å². The van der Waals surface area contributed by atoms with Crippen LogP contribution in [0.1, 0.15) is 47.1 Å². The molecule has 1 aromatic carbocycles. The van der Waals surface area contributed by atoms with E-state index in [1.807, 2.05) is 0 Å². The van der Waals surface area contributed by atoms with Gasteiger partial charge in [0.05, 0.1) is 5.52 Å². The van der Waals surface area contributed by atoms with Crippen molar-refractivity contribution in [1.82, 2.24) is 3.97 Å². The number of aryl methyl sites for hydroxylation is 1. The van der Waals surface area contributed by atoms with Gasteiger partial charge in [-0.2, -0.15) is 10.2 Å². The summed E-state index contributed by atoms with van der Waals surface area (Å²) in [4.78, 5) is 0. The molecule has 0 unspecified atom stereocenters. The topological polar surface area (TPSA) is 4.93 Å². The van der Waals surface area contributed by atoms with Crippen molar-refractivity contribution in [3.05, 3.63) is 36.0 Å². The Bertz CT molecular complexity index is 571. The number of nitrogens with zero attached hydrogens (tertiary/aromatic N) is 1. The number of hydrogen-bond acceptors (Lipinski definition) is 0. The normalized spacial score (nSPS) is 13.9. The Morgan fingerprint density at radius 1 is 0.850 bits per heavy atom. The largest absolute Gasteiger partial charge is 0.309 e. The highest BCUT2D eigenvalue weighted by Gasteiger charge is 2.36. The van der Waals surface area contributed by atoms with Gasteiger partial charge in [0, 0.05) is 27.3 Å². The van der Waals surface area contributed by atoms with Gasteiger partial charge in [0.1, 0.15) is 0 Å². The number of aromatic nitrogens is 1. The molecule has 0 N–H and O–H groups in total. The molecule has 112 valence electrons. The van der Waals surface area contributed by atoms with Gasteiger partial charge in [-0.1, -0.05) is 53.2 Å². The van der Waals surface area contributed by atoms with Crippen LogP contribution in [0, 0.1) is 6.92 Å². The number of fused-ring (bicyclic) bond motifs is 1. The second kappa shape index (κ2) is 5.48. The van der Waals surface area contributed by atoms with E-state index in [2.05, 4.69) is 82.9 Å². The summed E-state index contributed by atoms with van der Waals surface area (Å²) in [6.45, 7) is 16.6. The molecule has 0 fully saturated rings. The van der Waals surface area contributed by atoms with Crippen molar-refractivity contribution in [3.63, 3.8) is 0 Å². The van der Waals surface area contributed by atoms with Crippen LogP contribution in [0.25, 0.3) is 10.9 Å². The van der Waals surface area contributed by atoms with Crippen LogP contribution in [0.5, 0.6) is 0 Å². The lowest BCUT2D eigenvalue weighted by Gasteiger charge is -2.52. The Morgan fingerprint density at radius 2 is 1.40 bits per heavy atom. The van der Waals surface area contributed by atoms with Gasteiger partial charge in [0.25, 0.3) is 0 Å². The summed E-state index contributed by atoms with van der Waals surface area (Å²) in [6, 6.07) is 9.14. The first kappa shape index (κ1) is 15.5. The van der Waals surface area contributed by atoms with Crippen LogP contribution >= 0.6 is 10.2 Å². The third-order valence-electron chi connectivity index (χ3n) is 4.42. The maximum atomic E-state index is 2.63. The van der Waals surface area contributed by atoms with Gasteiger partial charge in [-0.15, -0.1) is 0 Å². The van der Waals surface area contributed by atoms with Crippen molar-refractivity contribution in [2.45, 2.75) is 64.2 Å². The van der Waals surface area contributed by atoms with Gasteiger partial charge in [-0.25, -0.2) is 0 Å². The van der Waals surface area contributed by atoms with Gasteiger partial charge in [-0.3, -0.25) is 0 Å². The van der Waals surface area contributed by atoms with Gasteiger partial charge in [-0.05, 0) is 25.1 Å². The second-order valence-corrected chi connectivity index (χ2v) is 11.2. The molecule has 0 atom stereocenters. The summed E-state index contributed by atoms with van der Waals surface area (Å²) < 4.78 is 2.63. The van der Waals surface area contributed by atoms with Crippen LogP contribution in [0.4, 0.5) is 0 Å². The summed E-state index contributed by atoms with van der Waals surface area (Å²) in [5.74, 6) is 0. The summed E-state index contributed by atoms with van der Waals surface area (Å²) in [5, 5.41) is 3.42. The fourth-order valence-electron chi connectivity index (χ4n) is 3.83. The fraction of sp³-hybridized carbons (Fsp3) is 0.556. The molecule has 0 saturated heterocycles. The highest BCUT2D eigenvalue weighted by atomic mass is 32.3. The van der Waals surface area contributed by atoms with Crippen LogP contribution in [0.2, 0.25) is 0 Å². The van der Waals surface area contributed by atoms with E-state index in [1.165, 1.54) is 16.5 Å². The van der Waals surface area contributed by atoms with Crippen molar-refractivity contribution in [1.29, 1.82) is 0 Å². The minimum atomic E-state index is -0.904. The van der Waals surface area contributed by atoms with E-state index in [9.17, 15) is 0 Å². The van der Waals surface area contributed by atoms with E-state index < -0.39 is 10.2 Å². The van der Waals surface area contributed by atoms with Gasteiger partial charge in [0.2, 0.25) is 0 Å².